The first-order valence-corrected chi connectivity index (χ1v) is 10.6. The van der Waals surface area contributed by atoms with E-state index in [1.54, 1.807) is 23.6 Å². The summed E-state index contributed by atoms with van der Waals surface area (Å²) in [5.74, 6) is -1.91. The van der Waals surface area contributed by atoms with E-state index in [-0.39, 0.29) is 24.2 Å². The van der Waals surface area contributed by atoms with E-state index in [0.717, 1.165) is 5.71 Å². The molecule has 0 spiro atoms. The Hall–Kier alpha value is -3.12. The number of likely N-dealkylation sites (tertiary alicyclic amines) is 1. The summed E-state index contributed by atoms with van der Waals surface area (Å²) < 4.78 is 44.7. The number of aromatic nitrogens is 2. The molecule has 0 aliphatic carbocycles. The third-order valence-electron chi connectivity index (χ3n) is 5.27. The molecular formula is C20H26F3N5O5. The predicted molar refractivity (Wildman–Crippen MR) is 110 cm³/mol. The van der Waals surface area contributed by atoms with Gasteiger partial charge in [0.25, 0.3) is 0 Å². The maximum atomic E-state index is 13.2. The SMILES string of the molecule is CC(C)OC(=O)N1CCC(ON=C2CCN(c3ncc(C(=O)O)c(C(F)(F)F)n3)CC2)CC1. The number of hydrogen-bond donors (Lipinski definition) is 1. The maximum Gasteiger partial charge on any atom is 0.434 e. The van der Waals surface area contributed by atoms with Crippen molar-refractivity contribution < 1.29 is 37.4 Å². The van der Waals surface area contributed by atoms with E-state index in [0.29, 0.717) is 58.1 Å². The monoisotopic (exact) mass is 473 g/mol. The first-order valence-electron chi connectivity index (χ1n) is 10.6. The lowest BCUT2D eigenvalue weighted by atomic mass is 10.1. The van der Waals surface area contributed by atoms with Gasteiger partial charge in [0.2, 0.25) is 5.95 Å². The van der Waals surface area contributed by atoms with Gasteiger partial charge >= 0.3 is 18.2 Å². The average Bonchev–Trinajstić information content (AvgIpc) is 2.77. The molecule has 1 aromatic rings. The average molecular weight is 473 g/mol. The molecule has 0 atom stereocenters. The summed E-state index contributed by atoms with van der Waals surface area (Å²) in [5, 5.41) is 13.2. The Labute approximate surface area is 188 Å². The van der Waals surface area contributed by atoms with Crippen molar-refractivity contribution in [2.75, 3.05) is 31.1 Å². The van der Waals surface area contributed by atoms with Gasteiger partial charge in [-0.25, -0.2) is 19.6 Å². The Morgan fingerprint density at radius 1 is 1.18 bits per heavy atom. The van der Waals surface area contributed by atoms with Crippen LogP contribution in [-0.2, 0) is 15.8 Å². The van der Waals surface area contributed by atoms with E-state index < -0.39 is 23.4 Å². The molecule has 3 rings (SSSR count). The molecule has 0 saturated carbocycles. The van der Waals surface area contributed by atoms with Crippen LogP contribution in [0.2, 0.25) is 0 Å². The molecule has 1 amide bonds. The number of hydrogen-bond acceptors (Lipinski definition) is 8. The fourth-order valence-electron chi connectivity index (χ4n) is 3.52. The lowest BCUT2D eigenvalue weighted by molar-refractivity contribution is -0.141. The van der Waals surface area contributed by atoms with Crippen LogP contribution in [0, 0.1) is 0 Å². The van der Waals surface area contributed by atoms with Gasteiger partial charge in [-0.15, -0.1) is 0 Å². The minimum Gasteiger partial charge on any atom is -0.478 e. The normalized spacial score (nSPS) is 17.8. The van der Waals surface area contributed by atoms with Crippen LogP contribution >= 0.6 is 0 Å². The standard InChI is InChI=1S/C20H26F3N5O5/c1-12(2)32-19(31)28-9-5-14(6-10-28)33-26-13-3-7-27(8-4-13)18-24-11-15(17(29)30)16(25-18)20(21,22)23/h11-12,14H,3-10H2,1-2H3,(H,29,30). The van der Waals surface area contributed by atoms with Crippen LogP contribution in [0.1, 0.15) is 55.6 Å². The van der Waals surface area contributed by atoms with Crippen molar-refractivity contribution in [3.8, 4) is 0 Å². The summed E-state index contributed by atoms with van der Waals surface area (Å²) >= 11 is 0. The van der Waals surface area contributed by atoms with Crippen molar-refractivity contribution in [3.63, 3.8) is 0 Å². The van der Waals surface area contributed by atoms with E-state index in [2.05, 4.69) is 15.1 Å². The zero-order valence-corrected chi connectivity index (χ0v) is 18.3. The number of oxime groups is 1. The third-order valence-corrected chi connectivity index (χ3v) is 5.27. The largest absolute Gasteiger partial charge is 0.478 e. The van der Waals surface area contributed by atoms with Crippen LogP contribution in [0.5, 0.6) is 0 Å². The number of carbonyl (C=O) groups is 2. The lowest BCUT2D eigenvalue weighted by Crippen LogP contribution is -2.41. The molecule has 2 aliphatic heterocycles. The number of anilines is 1. The summed E-state index contributed by atoms with van der Waals surface area (Å²) in [6, 6.07) is 0. The minimum absolute atomic E-state index is 0.125. The second kappa shape index (κ2) is 10.2. The molecule has 2 saturated heterocycles. The van der Waals surface area contributed by atoms with Gasteiger partial charge in [0.05, 0.1) is 11.8 Å². The van der Waals surface area contributed by atoms with Gasteiger partial charge in [-0.1, -0.05) is 5.16 Å². The summed E-state index contributed by atoms with van der Waals surface area (Å²) in [7, 11) is 0. The predicted octanol–water partition coefficient (Wildman–Crippen LogP) is 3.18. The lowest BCUT2D eigenvalue weighted by Gasteiger charge is -2.31. The highest BCUT2D eigenvalue weighted by Gasteiger charge is 2.38. The number of amides is 1. The second-order valence-electron chi connectivity index (χ2n) is 8.10. The first-order chi connectivity index (χ1) is 15.5. The first kappa shape index (κ1) is 24.5. The highest BCUT2D eigenvalue weighted by Crippen LogP contribution is 2.31. The fraction of sp³-hybridized carbons (Fsp3) is 0.650. The van der Waals surface area contributed by atoms with Gasteiger partial charge in [-0.05, 0) is 13.8 Å². The maximum absolute atomic E-state index is 13.2. The number of ether oxygens (including phenoxy) is 1. The summed E-state index contributed by atoms with van der Waals surface area (Å²) in [6.45, 7) is 5.26. The van der Waals surface area contributed by atoms with E-state index >= 15 is 0 Å². The van der Waals surface area contributed by atoms with Crippen molar-refractivity contribution in [2.45, 2.75) is 57.9 Å². The summed E-state index contributed by atoms with van der Waals surface area (Å²) in [4.78, 5) is 39.1. The minimum atomic E-state index is -4.90. The Balaban J connectivity index is 1.51. The van der Waals surface area contributed by atoms with Crippen molar-refractivity contribution in [3.05, 3.63) is 17.5 Å². The number of piperidine rings is 2. The van der Waals surface area contributed by atoms with Crippen LogP contribution in [0.3, 0.4) is 0 Å². The summed E-state index contributed by atoms with van der Waals surface area (Å²) in [5.41, 5.74) is -1.68. The number of halogens is 3. The number of alkyl halides is 3. The van der Waals surface area contributed by atoms with E-state index in [4.69, 9.17) is 14.7 Å². The quantitative estimate of drug-likeness (QED) is 0.648. The number of carbonyl (C=O) groups excluding carboxylic acids is 1. The van der Waals surface area contributed by atoms with Crippen LogP contribution < -0.4 is 4.90 Å². The van der Waals surface area contributed by atoms with Crippen molar-refractivity contribution in [1.29, 1.82) is 0 Å². The number of aromatic carboxylic acids is 1. The van der Waals surface area contributed by atoms with Crippen LogP contribution in [-0.4, -0.2) is 76.1 Å². The van der Waals surface area contributed by atoms with Crippen molar-refractivity contribution >= 4 is 23.7 Å². The fourth-order valence-corrected chi connectivity index (χ4v) is 3.52. The molecule has 0 radical (unpaired) electrons. The highest BCUT2D eigenvalue weighted by molar-refractivity contribution is 5.89. The molecule has 0 aromatic carbocycles. The van der Waals surface area contributed by atoms with Gasteiger partial charge in [-0.2, -0.15) is 13.2 Å². The molecule has 10 nitrogen and oxygen atoms in total. The van der Waals surface area contributed by atoms with Gasteiger partial charge < -0.3 is 24.5 Å². The number of carboxylic acid groups (broad SMARTS) is 1. The third kappa shape index (κ3) is 6.45. The van der Waals surface area contributed by atoms with E-state index in [1.807, 2.05) is 0 Å². The molecule has 1 aromatic heterocycles. The molecule has 182 valence electrons. The molecule has 2 fully saturated rings. The topological polar surface area (TPSA) is 117 Å². The zero-order valence-electron chi connectivity index (χ0n) is 18.3. The Bertz CT molecular complexity index is 891. The molecule has 0 unspecified atom stereocenters. The van der Waals surface area contributed by atoms with Gasteiger partial charge in [0.15, 0.2) is 5.69 Å². The number of nitrogens with zero attached hydrogens (tertiary/aromatic N) is 5. The molecule has 3 heterocycles. The van der Waals surface area contributed by atoms with E-state index in [1.165, 1.54) is 0 Å². The molecule has 1 N–H and O–H groups in total. The van der Waals surface area contributed by atoms with E-state index in [9.17, 15) is 22.8 Å². The van der Waals surface area contributed by atoms with Gasteiger partial charge in [-0.3, -0.25) is 0 Å². The zero-order chi connectivity index (χ0) is 24.2. The molecule has 2 aliphatic rings. The van der Waals surface area contributed by atoms with Gasteiger partial charge in [0, 0.05) is 58.1 Å². The molecule has 33 heavy (non-hydrogen) atoms. The smallest absolute Gasteiger partial charge is 0.434 e. The Morgan fingerprint density at radius 2 is 1.82 bits per heavy atom. The Morgan fingerprint density at radius 3 is 2.36 bits per heavy atom. The van der Waals surface area contributed by atoms with Crippen molar-refractivity contribution in [2.24, 2.45) is 5.16 Å². The van der Waals surface area contributed by atoms with Crippen LogP contribution in [0.15, 0.2) is 11.4 Å². The second-order valence-corrected chi connectivity index (χ2v) is 8.10. The summed E-state index contributed by atoms with van der Waals surface area (Å²) in [6.07, 6.45) is -2.71. The molecule has 0 bridgehead atoms. The van der Waals surface area contributed by atoms with Gasteiger partial charge in [0.1, 0.15) is 11.7 Å². The number of carboxylic acids is 1. The van der Waals surface area contributed by atoms with Crippen molar-refractivity contribution in [1.82, 2.24) is 14.9 Å². The molecular weight excluding hydrogens is 447 g/mol. The molecule has 13 heteroatoms. The van der Waals surface area contributed by atoms with Crippen LogP contribution in [0.4, 0.5) is 23.9 Å². The Kier molecular flexibility index (Phi) is 7.59. The highest BCUT2D eigenvalue weighted by atomic mass is 19.4. The van der Waals surface area contributed by atoms with Crippen LogP contribution in [0.25, 0.3) is 0 Å². The number of rotatable bonds is 5.